The lowest BCUT2D eigenvalue weighted by atomic mass is 9.91. The first kappa shape index (κ1) is 23.0. The molecule has 2 saturated carbocycles. The van der Waals surface area contributed by atoms with E-state index >= 15 is 0 Å². The van der Waals surface area contributed by atoms with E-state index in [1.54, 1.807) is 28.8 Å². The fraction of sp³-hybridized carbons (Fsp3) is 0.636. The highest BCUT2D eigenvalue weighted by Gasteiger charge is 2.19. The molecule has 4 nitrogen and oxygen atoms in total. The van der Waals surface area contributed by atoms with Crippen molar-refractivity contribution in [2.24, 2.45) is 0 Å². The van der Waals surface area contributed by atoms with Crippen molar-refractivity contribution in [3.05, 3.63) is 38.5 Å². The smallest absolute Gasteiger partial charge is 0.345 e. The Bertz CT molecular complexity index is 625. The Balaban J connectivity index is 0.000000161. The second-order valence-corrected chi connectivity index (χ2v) is 9.62. The predicted molar refractivity (Wildman–Crippen MR) is 120 cm³/mol. The van der Waals surface area contributed by atoms with Crippen LogP contribution in [0.3, 0.4) is 0 Å². The van der Waals surface area contributed by atoms with E-state index in [2.05, 4.69) is 17.2 Å². The summed E-state index contributed by atoms with van der Waals surface area (Å²) < 4.78 is 0. The number of nitrogens with one attached hydrogen (secondary N) is 1. The lowest BCUT2D eigenvalue weighted by molar-refractivity contribution is 0.0702. The minimum absolute atomic E-state index is 0.394. The van der Waals surface area contributed by atoms with E-state index in [-0.39, 0.29) is 0 Å². The maximum Gasteiger partial charge on any atom is 0.345 e. The summed E-state index contributed by atoms with van der Waals surface area (Å²) in [4.78, 5) is 15.8. The Labute approximate surface area is 177 Å². The van der Waals surface area contributed by atoms with Crippen molar-refractivity contribution in [1.29, 1.82) is 0 Å². The molecule has 0 radical (unpaired) electrons. The number of carbonyl (C=O) groups is 1. The largest absolute Gasteiger partial charge is 0.477 e. The topological polar surface area (TPSA) is 62.2 Å². The molecule has 0 unspecified atom stereocenters. The van der Waals surface area contributed by atoms with E-state index in [4.69, 9.17) is 5.11 Å². The van der Waals surface area contributed by atoms with Gasteiger partial charge in [0.1, 0.15) is 4.88 Å². The van der Waals surface area contributed by atoms with Crippen LogP contribution in [0.4, 0.5) is 0 Å². The molecule has 0 atom stereocenters. The SMILES string of the molecule is C1CCC(NC2CCCCC2)CC1.Cc1ncsc1C.O=C(O)c1cccs1. The number of aromatic nitrogens is 1. The van der Waals surface area contributed by atoms with Crippen molar-refractivity contribution in [3.63, 3.8) is 0 Å². The molecule has 2 N–H and O–H groups in total. The monoisotopic (exact) mass is 422 g/mol. The summed E-state index contributed by atoms with van der Waals surface area (Å²) in [6, 6.07) is 5.04. The lowest BCUT2D eigenvalue weighted by Gasteiger charge is -2.30. The summed E-state index contributed by atoms with van der Waals surface area (Å²) >= 11 is 2.92. The van der Waals surface area contributed by atoms with Crippen molar-refractivity contribution < 1.29 is 9.90 Å². The van der Waals surface area contributed by atoms with Gasteiger partial charge >= 0.3 is 5.97 Å². The molecule has 2 aliphatic rings. The number of thiazole rings is 1. The first-order valence-electron chi connectivity index (χ1n) is 10.5. The standard InChI is InChI=1S/C12H23N.C5H7NS.C5H4O2S/c1-3-7-11(8-4-1)13-12-9-5-2-6-10-12;1-4-5(2)7-3-6-4;6-5(7)4-2-1-3-8-4/h11-13H,1-10H2;3H,1-2H3;1-3H,(H,6,7). The fourth-order valence-corrected chi connectivity index (χ4v) is 4.79. The van der Waals surface area contributed by atoms with E-state index in [1.165, 1.54) is 80.4 Å². The van der Waals surface area contributed by atoms with Gasteiger partial charge in [0.15, 0.2) is 0 Å². The molecule has 2 fully saturated rings. The average molecular weight is 423 g/mol. The zero-order chi connectivity index (χ0) is 20.2. The van der Waals surface area contributed by atoms with Gasteiger partial charge < -0.3 is 10.4 Å². The molecule has 0 aromatic carbocycles. The molecule has 28 heavy (non-hydrogen) atoms. The Morgan fingerprint density at radius 1 is 1.00 bits per heavy atom. The number of nitrogens with zero attached hydrogens (tertiary/aromatic N) is 1. The van der Waals surface area contributed by atoms with E-state index < -0.39 is 5.97 Å². The molecule has 4 rings (SSSR count). The number of carboxylic acids is 1. The second-order valence-electron chi connectivity index (χ2n) is 7.61. The minimum atomic E-state index is -0.847. The Morgan fingerprint density at radius 2 is 1.57 bits per heavy atom. The van der Waals surface area contributed by atoms with Gasteiger partial charge in [0.2, 0.25) is 0 Å². The minimum Gasteiger partial charge on any atom is -0.477 e. The highest BCUT2D eigenvalue weighted by molar-refractivity contribution is 7.11. The third kappa shape index (κ3) is 8.84. The van der Waals surface area contributed by atoms with Gasteiger partial charge in [-0.05, 0) is 51.0 Å². The normalized spacial score (nSPS) is 17.8. The summed E-state index contributed by atoms with van der Waals surface area (Å²) in [7, 11) is 0. The van der Waals surface area contributed by atoms with Crippen LogP contribution < -0.4 is 5.32 Å². The van der Waals surface area contributed by atoms with E-state index in [9.17, 15) is 4.79 Å². The van der Waals surface area contributed by atoms with Crippen LogP contribution in [0.15, 0.2) is 23.0 Å². The summed E-state index contributed by atoms with van der Waals surface area (Å²) in [5.74, 6) is -0.847. The molecule has 0 spiro atoms. The van der Waals surface area contributed by atoms with Gasteiger partial charge in [0.05, 0.1) is 11.2 Å². The van der Waals surface area contributed by atoms with Gasteiger partial charge in [0, 0.05) is 17.0 Å². The Hall–Kier alpha value is -1.24. The first-order valence-corrected chi connectivity index (χ1v) is 12.2. The van der Waals surface area contributed by atoms with E-state index in [0.29, 0.717) is 4.88 Å². The third-order valence-electron chi connectivity index (χ3n) is 5.40. The number of aryl methyl sites for hydroxylation is 2. The van der Waals surface area contributed by atoms with Crippen molar-refractivity contribution in [2.45, 2.75) is 90.1 Å². The summed E-state index contributed by atoms with van der Waals surface area (Å²) in [6.45, 7) is 4.10. The van der Waals surface area contributed by atoms with Crippen LogP contribution in [-0.4, -0.2) is 28.1 Å². The van der Waals surface area contributed by atoms with Gasteiger partial charge in [-0.25, -0.2) is 9.78 Å². The number of thiophene rings is 1. The van der Waals surface area contributed by atoms with Gasteiger partial charge in [-0.1, -0.05) is 44.6 Å². The zero-order valence-corrected chi connectivity index (χ0v) is 18.8. The lowest BCUT2D eigenvalue weighted by Crippen LogP contribution is -2.40. The van der Waals surface area contributed by atoms with Crippen LogP contribution in [0, 0.1) is 13.8 Å². The summed E-state index contributed by atoms with van der Waals surface area (Å²) in [5.41, 5.74) is 3.02. The van der Waals surface area contributed by atoms with Gasteiger partial charge in [0.25, 0.3) is 0 Å². The van der Waals surface area contributed by atoms with Crippen LogP contribution in [0.25, 0.3) is 0 Å². The Kier molecular flexibility index (Phi) is 10.8. The molecule has 0 amide bonds. The molecule has 0 bridgehead atoms. The van der Waals surface area contributed by atoms with Crippen LogP contribution in [0.2, 0.25) is 0 Å². The predicted octanol–water partition coefficient (Wildman–Crippen LogP) is 6.45. The van der Waals surface area contributed by atoms with Crippen molar-refractivity contribution in [1.82, 2.24) is 10.3 Å². The number of hydrogen-bond donors (Lipinski definition) is 2. The molecule has 0 saturated heterocycles. The van der Waals surface area contributed by atoms with Crippen LogP contribution in [-0.2, 0) is 0 Å². The van der Waals surface area contributed by atoms with Crippen LogP contribution >= 0.6 is 22.7 Å². The first-order chi connectivity index (χ1) is 13.6. The average Bonchev–Trinajstić information content (AvgIpc) is 3.37. The van der Waals surface area contributed by atoms with Crippen molar-refractivity contribution >= 4 is 28.6 Å². The van der Waals surface area contributed by atoms with Gasteiger partial charge in [-0.2, -0.15) is 0 Å². The summed E-state index contributed by atoms with van der Waals surface area (Å²) in [5, 5.41) is 13.9. The zero-order valence-electron chi connectivity index (χ0n) is 17.2. The van der Waals surface area contributed by atoms with Crippen molar-refractivity contribution in [2.75, 3.05) is 0 Å². The molecule has 0 aliphatic heterocycles. The Morgan fingerprint density at radius 3 is 1.86 bits per heavy atom. The molecule has 6 heteroatoms. The van der Waals surface area contributed by atoms with E-state index in [0.717, 1.165) is 17.8 Å². The summed E-state index contributed by atoms with van der Waals surface area (Å²) in [6.07, 6.45) is 14.6. The second kappa shape index (κ2) is 13.1. The fourth-order valence-electron chi connectivity index (χ4n) is 3.63. The number of aromatic carboxylic acids is 1. The maximum absolute atomic E-state index is 10.1. The van der Waals surface area contributed by atoms with Crippen molar-refractivity contribution in [3.8, 4) is 0 Å². The van der Waals surface area contributed by atoms with Gasteiger partial charge in [-0.15, -0.1) is 22.7 Å². The molecule has 2 heterocycles. The molecular weight excluding hydrogens is 388 g/mol. The quantitative estimate of drug-likeness (QED) is 0.597. The number of hydrogen-bond acceptors (Lipinski definition) is 5. The third-order valence-corrected chi connectivity index (χ3v) is 7.12. The molecule has 2 aromatic rings. The van der Waals surface area contributed by atoms with Gasteiger partial charge in [-0.3, -0.25) is 0 Å². The molecule has 2 aromatic heterocycles. The molecule has 156 valence electrons. The van der Waals surface area contributed by atoms with Crippen LogP contribution in [0.5, 0.6) is 0 Å². The highest BCUT2D eigenvalue weighted by atomic mass is 32.1. The highest BCUT2D eigenvalue weighted by Crippen LogP contribution is 2.22. The number of carboxylic acid groups (broad SMARTS) is 1. The molecular formula is C22H34N2O2S2. The van der Waals surface area contributed by atoms with Crippen LogP contribution in [0.1, 0.15) is 84.5 Å². The molecule has 2 aliphatic carbocycles. The number of rotatable bonds is 3. The van der Waals surface area contributed by atoms with E-state index in [1.807, 2.05) is 12.4 Å². The maximum atomic E-state index is 10.1.